The van der Waals surface area contributed by atoms with Crippen molar-refractivity contribution in [1.29, 1.82) is 0 Å². The highest BCUT2D eigenvalue weighted by molar-refractivity contribution is 5.98. The molecule has 1 N–H and O–H groups in total. The molecule has 3 aromatic rings. The summed E-state index contributed by atoms with van der Waals surface area (Å²) in [7, 11) is 0. The molecule has 1 unspecified atom stereocenters. The predicted octanol–water partition coefficient (Wildman–Crippen LogP) is 2.96. The molecule has 154 valence electrons. The summed E-state index contributed by atoms with van der Waals surface area (Å²) in [5.41, 5.74) is 2.01. The zero-order chi connectivity index (χ0) is 21.3. The zero-order valence-electron chi connectivity index (χ0n) is 17.0. The maximum Gasteiger partial charge on any atom is 0.261 e. The molecule has 0 radical (unpaired) electrons. The lowest BCUT2D eigenvalue weighted by atomic mass is 10.1. The first kappa shape index (κ1) is 19.8. The molecular weight excluding hydrogens is 380 g/mol. The number of hydrogen-bond donors (Lipinski definition) is 1. The predicted molar refractivity (Wildman–Crippen MR) is 115 cm³/mol. The van der Waals surface area contributed by atoms with E-state index in [2.05, 4.69) is 10.3 Å². The van der Waals surface area contributed by atoms with Crippen LogP contribution in [0.1, 0.15) is 31.9 Å². The number of aromatic nitrogens is 2. The molecule has 0 saturated carbocycles. The number of benzene rings is 2. The normalized spacial score (nSPS) is 16.4. The summed E-state index contributed by atoms with van der Waals surface area (Å²) in [6.07, 6.45) is 1.73. The van der Waals surface area contributed by atoms with Gasteiger partial charge in [0.2, 0.25) is 11.8 Å². The van der Waals surface area contributed by atoms with E-state index in [-0.39, 0.29) is 29.8 Å². The van der Waals surface area contributed by atoms with Crippen LogP contribution in [-0.2, 0) is 16.1 Å². The van der Waals surface area contributed by atoms with Crippen LogP contribution in [0.4, 0.5) is 5.69 Å². The minimum Gasteiger partial charge on any atom is -0.338 e. The van der Waals surface area contributed by atoms with Gasteiger partial charge in [0.05, 0.1) is 23.1 Å². The standard InChI is InChI=1S/C23H24N4O3/c1-15(2)27-14-24-20-9-8-18(11-19(20)23(27)30)25-22(29)17-10-21(28)26(13-17)12-16-6-4-3-5-7-16/h3-9,11,14-15,17H,10,12-13H2,1-2H3,(H,25,29). The van der Waals surface area contributed by atoms with Crippen LogP contribution in [0, 0.1) is 5.92 Å². The number of likely N-dealkylation sites (tertiary alicyclic amines) is 1. The van der Waals surface area contributed by atoms with Gasteiger partial charge in [0.25, 0.3) is 5.56 Å². The highest BCUT2D eigenvalue weighted by Gasteiger charge is 2.34. The van der Waals surface area contributed by atoms with Gasteiger partial charge in [-0.3, -0.25) is 19.0 Å². The minimum absolute atomic E-state index is 0.00672. The summed E-state index contributed by atoms with van der Waals surface area (Å²) in [5, 5.41) is 3.32. The van der Waals surface area contributed by atoms with Crippen LogP contribution in [-0.4, -0.2) is 32.8 Å². The maximum atomic E-state index is 12.8. The lowest BCUT2D eigenvalue weighted by molar-refractivity contribution is -0.128. The first-order chi connectivity index (χ1) is 14.4. The average Bonchev–Trinajstić information content (AvgIpc) is 3.09. The third kappa shape index (κ3) is 3.96. The van der Waals surface area contributed by atoms with E-state index in [4.69, 9.17) is 0 Å². The van der Waals surface area contributed by atoms with Crippen LogP contribution in [0.2, 0.25) is 0 Å². The van der Waals surface area contributed by atoms with E-state index in [1.54, 1.807) is 34.0 Å². The lowest BCUT2D eigenvalue weighted by Crippen LogP contribution is -2.28. The molecule has 4 rings (SSSR count). The van der Waals surface area contributed by atoms with E-state index in [0.717, 1.165) is 5.56 Å². The van der Waals surface area contributed by atoms with Crippen molar-refractivity contribution in [1.82, 2.24) is 14.5 Å². The zero-order valence-corrected chi connectivity index (χ0v) is 17.0. The third-order valence-corrected chi connectivity index (χ3v) is 5.41. The van der Waals surface area contributed by atoms with Crippen molar-refractivity contribution >= 4 is 28.4 Å². The number of rotatable bonds is 5. The first-order valence-corrected chi connectivity index (χ1v) is 10.1. The van der Waals surface area contributed by atoms with Crippen molar-refractivity contribution < 1.29 is 9.59 Å². The molecular formula is C23H24N4O3. The number of amides is 2. The molecule has 1 aromatic heterocycles. The monoisotopic (exact) mass is 404 g/mol. The molecule has 7 nitrogen and oxygen atoms in total. The fourth-order valence-corrected chi connectivity index (χ4v) is 3.73. The average molecular weight is 404 g/mol. The number of carbonyl (C=O) groups excluding carboxylic acids is 2. The summed E-state index contributed by atoms with van der Waals surface area (Å²) >= 11 is 0. The van der Waals surface area contributed by atoms with Gasteiger partial charge in [0.15, 0.2) is 0 Å². The topological polar surface area (TPSA) is 84.3 Å². The van der Waals surface area contributed by atoms with E-state index < -0.39 is 5.92 Å². The number of anilines is 1. The molecule has 1 aliphatic heterocycles. The van der Waals surface area contributed by atoms with Crippen molar-refractivity contribution in [3.63, 3.8) is 0 Å². The number of hydrogen-bond acceptors (Lipinski definition) is 4. The summed E-state index contributed by atoms with van der Waals surface area (Å²) in [5.74, 6) is -0.661. The van der Waals surface area contributed by atoms with Crippen molar-refractivity contribution in [2.45, 2.75) is 32.9 Å². The Bertz CT molecular complexity index is 1150. The van der Waals surface area contributed by atoms with Crippen LogP contribution in [0.5, 0.6) is 0 Å². The Morgan fingerprint density at radius 1 is 1.17 bits per heavy atom. The van der Waals surface area contributed by atoms with E-state index in [1.165, 1.54) is 0 Å². The van der Waals surface area contributed by atoms with Gasteiger partial charge in [-0.2, -0.15) is 0 Å². The van der Waals surface area contributed by atoms with Crippen molar-refractivity contribution in [2.24, 2.45) is 5.92 Å². The van der Waals surface area contributed by atoms with Gasteiger partial charge in [-0.05, 0) is 37.6 Å². The van der Waals surface area contributed by atoms with E-state index in [1.807, 2.05) is 44.2 Å². The van der Waals surface area contributed by atoms with Gasteiger partial charge in [-0.25, -0.2) is 4.98 Å². The van der Waals surface area contributed by atoms with E-state index >= 15 is 0 Å². The summed E-state index contributed by atoms with van der Waals surface area (Å²) in [6.45, 7) is 4.71. The third-order valence-electron chi connectivity index (χ3n) is 5.41. The Labute approximate surface area is 174 Å². The fourth-order valence-electron chi connectivity index (χ4n) is 3.73. The molecule has 1 fully saturated rings. The van der Waals surface area contributed by atoms with Gasteiger partial charge in [-0.15, -0.1) is 0 Å². The van der Waals surface area contributed by atoms with E-state index in [9.17, 15) is 14.4 Å². The summed E-state index contributed by atoms with van der Waals surface area (Å²) in [4.78, 5) is 43.8. The molecule has 7 heteroatoms. The second-order valence-electron chi connectivity index (χ2n) is 7.93. The van der Waals surface area contributed by atoms with Gasteiger partial charge >= 0.3 is 0 Å². The Kier molecular flexibility index (Phi) is 5.35. The van der Waals surface area contributed by atoms with Crippen molar-refractivity contribution in [2.75, 3.05) is 11.9 Å². The molecule has 2 heterocycles. The van der Waals surface area contributed by atoms with Gasteiger partial charge in [0, 0.05) is 31.2 Å². The lowest BCUT2D eigenvalue weighted by Gasteiger charge is -2.17. The Hall–Kier alpha value is -3.48. The minimum atomic E-state index is -0.418. The summed E-state index contributed by atoms with van der Waals surface area (Å²) in [6, 6.07) is 14.8. The first-order valence-electron chi connectivity index (χ1n) is 10.1. The highest BCUT2D eigenvalue weighted by atomic mass is 16.2. The highest BCUT2D eigenvalue weighted by Crippen LogP contribution is 2.23. The van der Waals surface area contributed by atoms with Crippen LogP contribution in [0.3, 0.4) is 0 Å². The maximum absolute atomic E-state index is 12.8. The molecule has 1 aliphatic rings. The van der Waals surface area contributed by atoms with Crippen LogP contribution >= 0.6 is 0 Å². The Morgan fingerprint density at radius 3 is 2.67 bits per heavy atom. The number of carbonyl (C=O) groups is 2. The molecule has 0 spiro atoms. The largest absolute Gasteiger partial charge is 0.338 e. The molecule has 0 bridgehead atoms. The van der Waals surface area contributed by atoms with Crippen LogP contribution in [0.15, 0.2) is 59.7 Å². The van der Waals surface area contributed by atoms with Crippen molar-refractivity contribution in [3.8, 4) is 0 Å². The summed E-state index contributed by atoms with van der Waals surface area (Å²) < 4.78 is 1.56. The second kappa shape index (κ2) is 8.10. The molecule has 0 aliphatic carbocycles. The molecule has 1 atom stereocenters. The van der Waals surface area contributed by atoms with Crippen molar-refractivity contribution in [3.05, 3.63) is 70.8 Å². The SMILES string of the molecule is CC(C)n1cnc2ccc(NC(=O)C3CC(=O)N(Cc4ccccc4)C3)cc2c1=O. The van der Waals surface area contributed by atoms with Gasteiger partial charge in [0.1, 0.15) is 0 Å². The molecule has 2 aromatic carbocycles. The molecule has 2 amide bonds. The van der Waals surface area contributed by atoms with Crippen LogP contribution < -0.4 is 10.9 Å². The van der Waals surface area contributed by atoms with Gasteiger partial charge < -0.3 is 10.2 Å². The number of nitrogens with one attached hydrogen (secondary N) is 1. The van der Waals surface area contributed by atoms with Crippen LogP contribution in [0.25, 0.3) is 10.9 Å². The second-order valence-corrected chi connectivity index (χ2v) is 7.93. The number of fused-ring (bicyclic) bond motifs is 1. The Morgan fingerprint density at radius 2 is 1.93 bits per heavy atom. The van der Waals surface area contributed by atoms with Gasteiger partial charge in [-0.1, -0.05) is 30.3 Å². The fraction of sp³-hybridized carbons (Fsp3) is 0.304. The quantitative estimate of drug-likeness (QED) is 0.709. The van der Waals surface area contributed by atoms with E-state index in [0.29, 0.717) is 29.7 Å². The molecule has 30 heavy (non-hydrogen) atoms. The number of nitrogens with zero attached hydrogens (tertiary/aromatic N) is 3. The molecule has 1 saturated heterocycles. The Balaban J connectivity index is 1.48. The smallest absolute Gasteiger partial charge is 0.261 e.